The van der Waals surface area contributed by atoms with Gasteiger partial charge in [-0.1, -0.05) is 0 Å². The van der Waals surface area contributed by atoms with Crippen LogP contribution >= 0.6 is 27.3 Å². The van der Waals surface area contributed by atoms with Gasteiger partial charge in [-0.05, 0) is 47.3 Å². The monoisotopic (exact) mass is 367 g/mol. The van der Waals surface area contributed by atoms with Crippen LogP contribution in [0.25, 0.3) is 0 Å². The number of carbonyl (C=O) groups is 1. The molecule has 1 aliphatic heterocycles. The summed E-state index contributed by atoms with van der Waals surface area (Å²) in [6.45, 7) is 0.474. The second-order valence-corrected chi connectivity index (χ2v) is 8.98. The highest BCUT2D eigenvalue weighted by atomic mass is 79.9. The Balaban J connectivity index is 2.17. The summed E-state index contributed by atoms with van der Waals surface area (Å²) in [6, 6.07) is 3.10. The molecule has 1 atom stereocenters. The molecule has 0 spiro atoms. The first-order valence-corrected chi connectivity index (χ1v) is 8.95. The van der Waals surface area contributed by atoms with Crippen molar-refractivity contribution in [2.75, 3.05) is 6.54 Å². The lowest BCUT2D eigenvalue weighted by molar-refractivity contribution is -0.137. The van der Waals surface area contributed by atoms with Gasteiger partial charge < -0.3 is 5.11 Å². The maximum absolute atomic E-state index is 12.5. The zero-order valence-electron chi connectivity index (χ0n) is 10.1. The molecule has 19 heavy (non-hydrogen) atoms. The first-order valence-electron chi connectivity index (χ1n) is 5.90. The molecule has 1 fully saturated rings. The molecular formula is C11H14BrNO4S2. The van der Waals surface area contributed by atoms with Crippen LogP contribution in [0.15, 0.2) is 20.1 Å². The van der Waals surface area contributed by atoms with Gasteiger partial charge in [0.25, 0.3) is 10.0 Å². The number of halogens is 1. The van der Waals surface area contributed by atoms with Crippen LogP contribution in [0.4, 0.5) is 0 Å². The van der Waals surface area contributed by atoms with Gasteiger partial charge in [-0.15, -0.1) is 11.3 Å². The number of sulfonamides is 1. The van der Waals surface area contributed by atoms with Crippen molar-refractivity contribution in [3.63, 3.8) is 0 Å². The smallest absolute Gasteiger partial charge is 0.303 e. The van der Waals surface area contributed by atoms with E-state index in [9.17, 15) is 13.2 Å². The van der Waals surface area contributed by atoms with E-state index in [4.69, 9.17) is 5.11 Å². The molecule has 1 aromatic rings. The van der Waals surface area contributed by atoms with Crippen LogP contribution in [0.5, 0.6) is 0 Å². The van der Waals surface area contributed by atoms with E-state index in [0.717, 1.165) is 16.6 Å². The van der Waals surface area contributed by atoms with Gasteiger partial charge in [0, 0.05) is 19.0 Å². The Hall–Kier alpha value is -0.440. The van der Waals surface area contributed by atoms with Crippen molar-refractivity contribution in [3.8, 4) is 0 Å². The highest BCUT2D eigenvalue weighted by molar-refractivity contribution is 9.11. The van der Waals surface area contributed by atoms with Crippen molar-refractivity contribution >= 4 is 43.3 Å². The number of aliphatic carboxylic acids is 1. The fraction of sp³-hybridized carbons (Fsp3) is 0.545. The maximum atomic E-state index is 12.5. The first-order chi connectivity index (χ1) is 8.91. The average molecular weight is 368 g/mol. The van der Waals surface area contributed by atoms with Gasteiger partial charge in [0.05, 0.1) is 3.79 Å². The molecule has 5 nitrogen and oxygen atoms in total. The van der Waals surface area contributed by atoms with Gasteiger partial charge in [-0.2, -0.15) is 4.31 Å². The number of hydrogen-bond acceptors (Lipinski definition) is 4. The third-order valence-corrected chi connectivity index (χ3v) is 7.17. The van der Waals surface area contributed by atoms with Gasteiger partial charge in [0.1, 0.15) is 4.21 Å². The van der Waals surface area contributed by atoms with Crippen molar-refractivity contribution in [1.29, 1.82) is 0 Å². The maximum Gasteiger partial charge on any atom is 0.303 e. The third kappa shape index (κ3) is 3.36. The Morgan fingerprint density at radius 2 is 2.26 bits per heavy atom. The summed E-state index contributed by atoms with van der Waals surface area (Å²) >= 11 is 4.43. The van der Waals surface area contributed by atoms with Gasteiger partial charge >= 0.3 is 5.97 Å². The van der Waals surface area contributed by atoms with E-state index in [0.29, 0.717) is 17.2 Å². The molecule has 8 heteroatoms. The van der Waals surface area contributed by atoms with Crippen molar-refractivity contribution in [3.05, 3.63) is 15.9 Å². The zero-order valence-corrected chi connectivity index (χ0v) is 13.3. The van der Waals surface area contributed by atoms with Gasteiger partial charge in [0.15, 0.2) is 0 Å². The summed E-state index contributed by atoms with van der Waals surface area (Å²) in [5.74, 6) is -0.886. The van der Waals surface area contributed by atoms with E-state index in [-0.39, 0.29) is 12.5 Å². The Morgan fingerprint density at radius 3 is 2.84 bits per heavy atom. The number of hydrogen-bond donors (Lipinski definition) is 1. The molecule has 2 heterocycles. The summed E-state index contributed by atoms with van der Waals surface area (Å²) in [4.78, 5) is 10.6. The van der Waals surface area contributed by atoms with Crippen molar-refractivity contribution in [1.82, 2.24) is 4.31 Å². The molecule has 0 aromatic carbocycles. The molecule has 106 valence electrons. The fourth-order valence-corrected chi connectivity index (χ4v) is 6.12. The molecule has 2 rings (SSSR count). The molecule has 0 saturated carbocycles. The fourth-order valence-electron chi connectivity index (χ4n) is 2.26. The zero-order chi connectivity index (χ0) is 14.0. The quantitative estimate of drug-likeness (QED) is 0.867. The number of rotatable bonds is 5. The molecule has 0 amide bonds. The van der Waals surface area contributed by atoms with Crippen LogP contribution in [0.2, 0.25) is 0 Å². The van der Waals surface area contributed by atoms with Crippen molar-refractivity contribution in [2.45, 2.75) is 35.9 Å². The molecule has 0 bridgehead atoms. The first kappa shape index (κ1) is 15.0. The molecule has 0 aliphatic carbocycles. The summed E-state index contributed by atoms with van der Waals surface area (Å²) in [7, 11) is -3.49. The average Bonchev–Trinajstić information content (AvgIpc) is 2.94. The number of carboxylic acid groups (broad SMARTS) is 1. The molecule has 1 unspecified atom stereocenters. The predicted octanol–water partition coefficient (Wildman–Crippen LogP) is 2.53. The Morgan fingerprint density at radius 1 is 1.53 bits per heavy atom. The van der Waals surface area contributed by atoms with E-state index < -0.39 is 16.0 Å². The van der Waals surface area contributed by atoms with Crippen LogP contribution in [-0.2, 0) is 14.8 Å². The number of carboxylic acids is 1. The van der Waals surface area contributed by atoms with Crippen LogP contribution < -0.4 is 0 Å². The van der Waals surface area contributed by atoms with E-state index in [1.807, 2.05) is 0 Å². The minimum Gasteiger partial charge on any atom is -0.481 e. The van der Waals surface area contributed by atoms with E-state index in [1.54, 1.807) is 12.1 Å². The van der Waals surface area contributed by atoms with Crippen LogP contribution in [-0.4, -0.2) is 36.4 Å². The second kappa shape index (κ2) is 5.90. The van der Waals surface area contributed by atoms with Gasteiger partial charge in [-0.25, -0.2) is 8.42 Å². The molecule has 1 saturated heterocycles. The summed E-state index contributed by atoms with van der Waals surface area (Å²) < 4.78 is 27.5. The Kier molecular flexibility index (Phi) is 4.65. The van der Waals surface area contributed by atoms with E-state index in [2.05, 4.69) is 15.9 Å². The van der Waals surface area contributed by atoms with Gasteiger partial charge in [-0.3, -0.25) is 4.79 Å². The normalized spacial score (nSPS) is 20.8. The second-order valence-electron chi connectivity index (χ2n) is 4.40. The van der Waals surface area contributed by atoms with Gasteiger partial charge in [0.2, 0.25) is 0 Å². The SMILES string of the molecule is O=C(O)CCC1CCCN1S(=O)(=O)c1ccc(Br)s1. The third-order valence-electron chi connectivity index (χ3n) is 3.13. The van der Waals surface area contributed by atoms with Crippen LogP contribution in [0, 0.1) is 0 Å². The van der Waals surface area contributed by atoms with E-state index in [1.165, 1.54) is 15.6 Å². The van der Waals surface area contributed by atoms with Crippen molar-refractivity contribution < 1.29 is 18.3 Å². The Bertz CT molecular complexity index is 569. The summed E-state index contributed by atoms with van der Waals surface area (Å²) in [5, 5.41) is 8.71. The summed E-state index contributed by atoms with van der Waals surface area (Å²) in [5.41, 5.74) is 0. The lowest BCUT2D eigenvalue weighted by atomic mass is 10.1. The van der Waals surface area contributed by atoms with Crippen LogP contribution in [0.3, 0.4) is 0 Å². The number of thiophene rings is 1. The minimum absolute atomic E-state index is 0.00478. The topological polar surface area (TPSA) is 74.7 Å². The highest BCUT2D eigenvalue weighted by Crippen LogP contribution is 2.33. The minimum atomic E-state index is -3.49. The Labute approximate surface area is 124 Å². The largest absolute Gasteiger partial charge is 0.481 e. The summed E-state index contributed by atoms with van der Waals surface area (Å²) in [6.07, 6.45) is 1.90. The lowest BCUT2D eigenvalue weighted by Gasteiger charge is -2.22. The lowest BCUT2D eigenvalue weighted by Crippen LogP contribution is -2.35. The van der Waals surface area contributed by atoms with Crippen LogP contribution in [0.1, 0.15) is 25.7 Å². The number of nitrogens with zero attached hydrogens (tertiary/aromatic N) is 1. The molecule has 1 aliphatic rings. The standard InChI is InChI=1S/C11H14BrNO4S2/c12-9-4-6-11(18-9)19(16,17)13-7-1-2-8(13)3-5-10(14)15/h4,6,8H,1-3,5,7H2,(H,14,15). The predicted molar refractivity (Wildman–Crippen MR) is 75.8 cm³/mol. The highest BCUT2D eigenvalue weighted by Gasteiger charge is 2.35. The van der Waals surface area contributed by atoms with E-state index >= 15 is 0 Å². The molecular weight excluding hydrogens is 354 g/mol. The molecule has 1 N–H and O–H groups in total. The molecule has 0 radical (unpaired) electrons. The molecule has 1 aromatic heterocycles. The van der Waals surface area contributed by atoms with Crippen molar-refractivity contribution in [2.24, 2.45) is 0 Å².